The van der Waals surface area contributed by atoms with Crippen molar-refractivity contribution in [3.63, 3.8) is 0 Å². The highest BCUT2D eigenvalue weighted by Gasteiger charge is 2.38. The van der Waals surface area contributed by atoms with Crippen molar-refractivity contribution >= 4 is 11.9 Å². The number of amides is 2. The number of amidine groups is 1. The quantitative estimate of drug-likeness (QED) is 0.814. The minimum absolute atomic E-state index is 0.0665. The van der Waals surface area contributed by atoms with E-state index in [4.69, 9.17) is 21.3 Å². The summed E-state index contributed by atoms with van der Waals surface area (Å²) in [6, 6.07) is 4.24. The number of hydrogen-bond donors (Lipinski definition) is 2. The van der Waals surface area contributed by atoms with Gasteiger partial charge >= 0.3 is 6.03 Å². The van der Waals surface area contributed by atoms with Crippen molar-refractivity contribution < 1.29 is 14.3 Å². The average molecular weight is 273 g/mol. The second kappa shape index (κ2) is 5.53. The Hall–Kier alpha value is -2.68. The Morgan fingerprint density at radius 1 is 1.45 bits per heavy atom. The number of methoxy groups -OCH3 is 2. The van der Waals surface area contributed by atoms with Crippen LogP contribution < -0.4 is 14.8 Å². The molecule has 1 aliphatic rings. The smallest absolute Gasteiger partial charge is 0.324 e. The summed E-state index contributed by atoms with van der Waals surface area (Å²) in [6.45, 7) is 0.110. The Bertz CT molecular complexity index is 592. The minimum atomic E-state index is -0.594. The van der Waals surface area contributed by atoms with E-state index in [1.54, 1.807) is 25.3 Å². The number of ether oxygens (including phenoxy) is 2. The summed E-state index contributed by atoms with van der Waals surface area (Å²) in [5, 5.41) is 10.4. The summed E-state index contributed by atoms with van der Waals surface area (Å²) in [7, 11) is 3.08. The zero-order valence-corrected chi connectivity index (χ0v) is 11.3. The molecule has 1 heterocycles. The van der Waals surface area contributed by atoms with Crippen LogP contribution in [0.5, 0.6) is 11.5 Å². The van der Waals surface area contributed by atoms with Crippen molar-refractivity contribution in [2.75, 3.05) is 20.8 Å². The molecular formula is C14H15N3O3. The Morgan fingerprint density at radius 2 is 2.20 bits per heavy atom. The monoisotopic (exact) mass is 273 g/mol. The first-order valence-corrected chi connectivity index (χ1v) is 5.93. The maximum Gasteiger partial charge on any atom is 0.324 e. The van der Waals surface area contributed by atoms with Crippen molar-refractivity contribution in [1.82, 2.24) is 10.2 Å². The van der Waals surface area contributed by atoms with Crippen LogP contribution in [0.25, 0.3) is 0 Å². The SMILES string of the molecule is C#CCN1C(=O)NC(=N)C1c1cc(OC)ccc1OC. The van der Waals surface area contributed by atoms with Gasteiger partial charge in [0.15, 0.2) is 0 Å². The van der Waals surface area contributed by atoms with Gasteiger partial charge in [-0.05, 0) is 18.2 Å². The first kappa shape index (κ1) is 13.7. The molecule has 0 aromatic heterocycles. The van der Waals surface area contributed by atoms with E-state index in [-0.39, 0.29) is 18.4 Å². The third kappa shape index (κ3) is 2.26. The molecule has 1 aromatic carbocycles. The van der Waals surface area contributed by atoms with Gasteiger partial charge in [0, 0.05) is 5.56 Å². The van der Waals surface area contributed by atoms with Crippen LogP contribution in [0, 0.1) is 17.8 Å². The first-order chi connectivity index (χ1) is 9.62. The predicted molar refractivity (Wildman–Crippen MR) is 74.1 cm³/mol. The molecule has 6 heteroatoms. The number of rotatable bonds is 4. The van der Waals surface area contributed by atoms with Crippen molar-refractivity contribution in [1.29, 1.82) is 5.41 Å². The van der Waals surface area contributed by atoms with Crippen molar-refractivity contribution in [2.45, 2.75) is 6.04 Å². The molecule has 1 unspecified atom stereocenters. The lowest BCUT2D eigenvalue weighted by atomic mass is 10.0. The molecule has 0 saturated carbocycles. The van der Waals surface area contributed by atoms with Gasteiger partial charge in [-0.2, -0.15) is 0 Å². The Morgan fingerprint density at radius 3 is 2.80 bits per heavy atom. The van der Waals surface area contributed by atoms with Crippen LogP contribution >= 0.6 is 0 Å². The van der Waals surface area contributed by atoms with Gasteiger partial charge in [0.25, 0.3) is 0 Å². The van der Waals surface area contributed by atoms with E-state index in [2.05, 4.69) is 11.2 Å². The van der Waals surface area contributed by atoms with Crippen LogP contribution in [-0.2, 0) is 0 Å². The molecule has 0 spiro atoms. The largest absolute Gasteiger partial charge is 0.497 e. The number of carbonyl (C=O) groups excluding carboxylic acids is 1. The molecule has 0 bridgehead atoms. The zero-order chi connectivity index (χ0) is 14.7. The zero-order valence-electron chi connectivity index (χ0n) is 11.3. The van der Waals surface area contributed by atoms with Crippen LogP contribution in [0.15, 0.2) is 18.2 Å². The number of benzene rings is 1. The number of terminal acetylenes is 1. The highest BCUT2D eigenvalue weighted by atomic mass is 16.5. The summed E-state index contributed by atoms with van der Waals surface area (Å²) in [4.78, 5) is 13.2. The molecule has 1 aliphatic heterocycles. The third-order valence-electron chi connectivity index (χ3n) is 3.08. The molecular weight excluding hydrogens is 258 g/mol. The maximum absolute atomic E-state index is 11.8. The van der Waals surface area contributed by atoms with Crippen LogP contribution in [-0.4, -0.2) is 37.5 Å². The Labute approximate surface area is 117 Å². The number of carbonyl (C=O) groups is 1. The molecule has 1 aromatic rings. The van der Waals surface area contributed by atoms with E-state index in [0.29, 0.717) is 17.1 Å². The fourth-order valence-electron chi connectivity index (χ4n) is 2.17. The lowest BCUT2D eigenvalue weighted by molar-refractivity contribution is 0.212. The first-order valence-electron chi connectivity index (χ1n) is 5.93. The van der Waals surface area contributed by atoms with Gasteiger partial charge in [-0.3, -0.25) is 15.6 Å². The fourth-order valence-corrected chi connectivity index (χ4v) is 2.17. The van der Waals surface area contributed by atoms with E-state index in [0.717, 1.165) is 0 Å². The molecule has 0 aliphatic carbocycles. The Kier molecular flexibility index (Phi) is 3.80. The van der Waals surface area contributed by atoms with E-state index >= 15 is 0 Å². The van der Waals surface area contributed by atoms with Crippen molar-refractivity contribution in [3.8, 4) is 23.8 Å². The Balaban J connectivity index is 2.50. The molecule has 2 amide bonds. The number of urea groups is 1. The van der Waals surface area contributed by atoms with Crippen molar-refractivity contribution in [3.05, 3.63) is 23.8 Å². The predicted octanol–water partition coefficient (Wildman–Crippen LogP) is 1.38. The molecule has 2 rings (SSSR count). The van der Waals surface area contributed by atoms with Crippen LogP contribution in [0.1, 0.15) is 11.6 Å². The summed E-state index contributed by atoms with van der Waals surface area (Å²) >= 11 is 0. The van der Waals surface area contributed by atoms with E-state index < -0.39 is 6.04 Å². The van der Waals surface area contributed by atoms with Crippen LogP contribution in [0.4, 0.5) is 4.79 Å². The van der Waals surface area contributed by atoms with Gasteiger partial charge in [0.2, 0.25) is 0 Å². The minimum Gasteiger partial charge on any atom is -0.497 e. The molecule has 1 fully saturated rings. The van der Waals surface area contributed by atoms with Gasteiger partial charge in [0.1, 0.15) is 23.4 Å². The van der Waals surface area contributed by atoms with Gasteiger partial charge in [-0.15, -0.1) is 6.42 Å². The molecule has 1 saturated heterocycles. The van der Waals surface area contributed by atoms with Gasteiger partial charge in [0.05, 0.1) is 20.8 Å². The lowest BCUT2D eigenvalue weighted by Crippen LogP contribution is -2.30. The molecule has 1 atom stereocenters. The van der Waals surface area contributed by atoms with Crippen LogP contribution in [0.2, 0.25) is 0 Å². The lowest BCUT2D eigenvalue weighted by Gasteiger charge is -2.22. The van der Waals surface area contributed by atoms with Crippen LogP contribution in [0.3, 0.4) is 0 Å². The topological polar surface area (TPSA) is 74.7 Å². The van der Waals surface area contributed by atoms with Gasteiger partial charge in [-0.25, -0.2) is 4.79 Å². The highest BCUT2D eigenvalue weighted by Crippen LogP contribution is 2.35. The number of hydrogen-bond acceptors (Lipinski definition) is 4. The molecule has 0 radical (unpaired) electrons. The molecule has 104 valence electrons. The average Bonchev–Trinajstić information content (AvgIpc) is 2.73. The standard InChI is InChI=1S/C14H15N3O3/c1-4-7-17-12(13(15)16-14(17)18)10-8-9(19-2)5-6-11(10)20-3/h1,5-6,8,12H,7H2,2-3H3,(H2,15,16,18). The fraction of sp³-hybridized carbons (Fsp3) is 0.286. The summed E-state index contributed by atoms with van der Waals surface area (Å²) < 4.78 is 10.5. The van der Waals surface area contributed by atoms with Gasteiger partial charge < -0.3 is 9.47 Å². The number of nitrogens with one attached hydrogen (secondary N) is 2. The molecule has 20 heavy (non-hydrogen) atoms. The summed E-state index contributed by atoms with van der Waals surface area (Å²) in [5.41, 5.74) is 0.658. The van der Waals surface area contributed by atoms with Crippen molar-refractivity contribution in [2.24, 2.45) is 0 Å². The van der Waals surface area contributed by atoms with E-state index in [9.17, 15) is 4.79 Å². The van der Waals surface area contributed by atoms with E-state index in [1.807, 2.05) is 0 Å². The number of nitrogens with zero attached hydrogens (tertiary/aromatic N) is 1. The highest BCUT2D eigenvalue weighted by molar-refractivity contribution is 6.06. The third-order valence-corrected chi connectivity index (χ3v) is 3.08. The second-order valence-electron chi connectivity index (χ2n) is 4.19. The van der Waals surface area contributed by atoms with E-state index in [1.165, 1.54) is 12.0 Å². The molecule has 2 N–H and O–H groups in total. The normalized spacial score (nSPS) is 17.6. The second-order valence-corrected chi connectivity index (χ2v) is 4.19. The maximum atomic E-state index is 11.8. The summed E-state index contributed by atoms with van der Waals surface area (Å²) in [6.07, 6.45) is 5.28. The summed E-state index contributed by atoms with van der Waals surface area (Å²) in [5.74, 6) is 3.68. The molecule has 6 nitrogen and oxygen atoms in total. The van der Waals surface area contributed by atoms with Gasteiger partial charge in [-0.1, -0.05) is 5.92 Å².